The zero-order valence-electron chi connectivity index (χ0n) is 8.57. The summed E-state index contributed by atoms with van der Waals surface area (Å²) in [6.07, 6.45) is 2.70. The Kier molecular flexibility index (Phi) is 1.74. The number of aryl methyl sites for hydroxylation is 1. The van der Waals surface area contributed by atoms with Gasteiger partial charge in [-0.1, -0.05) is 6.07 Å². The van der Waals surface area contributed by atoms with Crippen LogP contribution in [0.4, 0.5) is 5.69 Å². The van der Waals surface area contributed by atoms with E-state index in [1.807, 2.05) is 11.6 Å². The predicted molar refractivity (Wildman–Crippen MR) is 58.3 cm³/mol. The highest BCUT2D eigenvalue weighted by Gasteiger charge is 2.11. The second-order valence-corrected chi connectivity index (χ2v) is 3.74. The fourth-order valence-corrected chi connectivity index (χ4v) is 1.96. The van der Waals surface area contributed by atoms with Gasteiger partial charge in [-0.2, -0.15) is 5.10 Å². The molecule has 1 aliphatic heterocycles. The van der Waals surface area contributed by atoms with Crippen molar-refractivity contribution in [2.45, 2.75) is 13.3 Å². The lowest BCUT2D eigenvalue weighted by molar-refractivity contribution is 0.840. The van der Waals surface area contributed by atoms with Crippen LogP contribution in [-0.4, -0.2) is 21.3 Å². The highest BCUT2D eigenvalue weighted by Crippen LogP contribution is 2.24. The van der Waals surface area contributed by atoms with Crippen molar-refractivity contribution in [2.24, 2.45) is 0 Å². The maximum atomic E-state index is 4.19. The second kappa shape index (κ2) is 3.08. The molecule has 0 radical (unpaired) electrons. The minimum atomic E-state index is 0.910. The van der Waals surface area contributed by atoms with Crippen LogP contribution >= 0.6 is 0 Å². The van der Waals surface area contributed by atoms with Gasteiger partial charge in [0, 0.05) is 12.2 Å². The fraction of sp³-hybridized carbons (Fsp3) is 0.273. The van der Waals surface area contributed by atoms with Crippen LogP contribution < -0.4 is 5.32 Å². The molecule has 4 heteroatoms. The van der Waals surface area contributed by atoms with Gasteiger partial charge < -0.3 is 5.32 Å². The van der Waals surface area contributed by atoms with E-state index < -0.39 is 0 Å². The van der Waals surface area contributed by atoms with Gasteiger partial charge >= 0.3 is 0 Å². The van der Waals surface area contributed by atoms with E-state index in [1.165, 1.54) is 11.3 Å². The molecule has 15 heavy (non-hydrogen) atoms. The molecule has 0 aliphatic carbocycles. The van der Waals surface area contributed by atoms with Crippen molar-refractivity contribution in [3.63, 3.8) is 0 Å². The van der Waals surface area contributed by atoms with Crippen molar-refractivity contribution in [3.8, 4) is 5.69 Å². The van der Waals surface area contributed by atoms with Gasteiger partial charge in [0.1, 0.15) is 12.2 Å². The van der Waals surface area contributed by atoms with E-state index in [0.717, 1.165) is 24.5 Å². The lowest BCUT2D eigenvalue weighted by Gasteiger charge is -2.05. The van der Waals surface area contributed by atoms with Gasteiger partial charge in [0.05, 0.1) is 5.69 Å². The molecule has 1 aromatic carbocycles. The van der Waals surface area contributed by atoms with Crippen LogP contribution in [0.1, 0.15) is 11.4 Å². The lowest BCUT2D eigenvalue weighted by atomic mass is 10.1. The van der Waals surface area contributed by atoms with Crippen LogP contribution in [0.5, 0.6) is 0 Å². The average molecular weight is 200 g/mol. The molecule has 1 aliphatic rings. The number of rotatable bonds is 1. The summed E-state index contributed by atoms with van der Waals surface area (Å²) < 4.78 is 1.85. The van der Waals surface area contributed by atoms with Gasteiger partial charge in [-0.15, -0.1) is 0 Å². The normalized spacial score (nSPS) is 13.7. The quantitative estimate of drug-likeness (QED) is 0.759. The third-order valence-electron chi connectivity index (χ3n) is 2.77. The van der Waals surface area contributed by atoms with Gasteiger partial charge in [-0.25, -0.2) is 9.67 Å². The summed E-state index contributed by atoms with van der Waals surface area (Å²) in [5, 5.41) is 7.55. The van der Waals surface area contributed by atoms with Crippen LogP contribution in [0.15, 0.2) is 24.5 Å². The summed E-state index contributed by atoms with van der Waals surface area (Å²) in [6.45, 7) is 2.99. The summed E-state index contributed by atoms with van der Waals surface area (Å²) in [7, 11) is 0. The molecule has 1 N–H and O–H groups in total. The summed E-state index contributed by atoms with van der Waals surface area (Å²) >= 11 is 0. The molecule has 0 unspecified atom stereocenters. The third-order valence-corrected chi connectivity index (χ3v) is 2.77. The first-order valence-corrected chi connectivity index (χ1v) is 5.08. The maximum Gasteiger partial charge on any atom is 0.138 e. The van der Waals surface area contributed by atoms with Gasteiger partial charge in [0.25, 0.3) is 0 Å². The summed E-state index contributed by atoms with van der Waals surface area (Å²) in [4.78, 5) is 4.12. The highest BCUT2D eigenvalue weighted by molar-refractivity contribution is 5.60. The molecule has 0 saturated heterocycles. The minimum Gasteiger partial charge on any atom is -0.384 e. The lowest BCUT2D eigenvalue weighted by Crippen LogP contribution is -1.99. The molecule has 0 spiro atoms. The molecule has 76 valence electrons. The predicted octanol–water partition coefficient (Wildman–Crippen LogP) is 1.54. The van der Waals surface area contributed by atoms with E-state index in [-0.39, 0.29) is 0 Å². The largest absolute Gasteiger partial charge is 0.384 e. The van der Waals surface area contributed by atoms with E-state index in [1.54, 1.807) is 6.33 Å². The SMILES string of the molecule is Cc1ncnn1-c1ccc2c(c1)NCC2. The van der Waals surface area contributed by atoms with Gasteiger partial charge in [0.15, 0.2) is 0 Å². The van der Waals surface area contributed by atoms with Gasteiger partial charge in [-0.05, 0) is 31.0 Å². The van der Waals surface area contributed by atoms with Crippen LogP contribution in [-0.2, 0) is 6.42 Å². The van der Waals surface area contributed by atoms with Crippen molar-refractivity contribution in [3.05, 3.63) is 35.9 Å². The number of nitrogens with zero attached hydrogens (tertiary/aromatic N) is 3. The first-order chi connectivity index (χ1) is 7.34. The number of nitrogens with one attached hydrogen (secondary N) is 1. The first kappa shape index (κ1) is 8.47. The van der Waals surface area contributed by atoms with Crippen molar-refractivity contribution in [2.75, 3.05) is 11.9 Å². The van der Waals surface area contributed by atoms with Crippen LogP contribution in [0, 0.1) is 6.92 Å². The number of fused-ring (bicyclic) bond motifs is 1. The topological polar surface area (TPSA) is 42.7 Å². The Balaban J connectivity index is 2.11. The van der Waals surface area contributed by atoms with Crippen molar-refractivity contribution >= 4 is 5.69 Å². The molecule has 0 amide bonds. The zero-order chi connectivity index (χ0) is 10.3. The Morgan fingerprint density at radius 1 is 1.40 bits per heavy atom. The Morgan fingerprint density at radius 3 is 3.13 bits per heavy atom. The smallest absolute Gasteiger partial charge is 0.138 e. The van der Waals surface area contributed by atoms with Crippen molar-refractivity contribution < 1.29 is 0 Å². The number of hydrogen-bond acceptors (Lipinski definition) is 3. The third kappa shape index (κ3) is 1.29. The Labute approximate surface area is 88.0 Å². The monoisotopic (exact) mass is 200 g/mol. The summed E-state index contributed by atoms with van der Waals surface area (Å²) in [5.41, 5.74) is 3.68. The number of anilines is 1. The summed E-state index contributed by atoms with van der Waals surface area (Å²) in [5.74, 6) is 0.910. The van der Waals surface area contributed by atoms with E-state index in [4.69, 9.17) is 0 Å². The van der Waals surface area contributed by atoms with Crippen molar-refractivity contribution in [1.29, 1.82) is 0 Å². The molecule has 0 bridgehead atoms. The summed E-state index contributed by atoms with van der Waals surface area (Å²) in [6, 6.07) is 6.38. The Morgan fingerprint density at radius 2 is 2.33 bits per heavy atom. The minimum absolute atomic E-state index is 0.910. The zero-order valence-corrected chi connectivity index (χ0v) is 8.57. The molecule has 2 aromatic rings. The van der Waals surface area contributed by atoms with E-state index in [0.29, 0.717) is 0 Å². The van der Waals surface area contributed by atoms with E-state index in [2.05, 4.69) is 33.6 Å². The van der Waals surface area contributed by atoms with Crippen molar-refractivity contribution in [1.82, 2.24) is 14.8 Å². The number of aromatic nitrogens is 3. The molecule has 0 fully saturated rings. The van der Waals surface area contributed by atoms with Gasteiger partial charge in [0.2, 0.25) is 0 Å². The molecular formula is C11H12N4. The molecule has 4 nitrogen and oxygen atoms in total. The fourth-order valence-electron chi connectivity index (χ4n) is 1.96. The highest BCUT2D eigenvalue weighted by atomic mass is 15.3. The molecular weight excluding hydrogens is 188 g/mol. The van der Waals surface area contributed by atoms with E-state index >= 15 is 0 Å². The molecule has 0 saturated carbocycles. The average Bonchev–Trinajstić information content (AvgIpc) is 2.84. The number of benzene rings is 1. The van der Waals surface area contributed by atoms with E-state index in [9.17, 15) is 0 Å². The van der Waals surface area contributed by atoms with Crippen LogP contribution in [0.2, 0.25) is 0 Å². The molecule has 1 aromatic heterocycles. The molecule has 3 rings (SSSR count). The maximum absolute atomic E-state index is 4.19. The Bertz CT molecular complexity index is 501. The molecule has 2 heterocycles. The Hall–Kier alpha value is -1.84. The standard InChI is InChI=1S/C11H12N4/c1-8-13-7-14-15(8)10-3-2-9-4-5-12-11(9)6-10/h2-3,6-7,12H,4-5H2,1H3. The van der Waals surface area contributed by atoms with Gasteiger partial charge in [-0.3, -0.25) is 0 Å². The van der Waals surface area contributed by atoms with Crippen LogP contribution in [0.25, 0.3) is 5.69 Å². The molecule has 0 atom stereocenters. The first-order valence-electron chi connectivity index (χ1n) is 5.08. The van der Waals surface area contributed by atoms with Crippen LogP contribution in [0.3, 0.4) is 0 Å². The number of hydrogen-bond donors (Lipinski definition) is 1. The second-order valence-electron chi connectivity index (χ2n) is 3.74.